The molecule has 3 saturated carbocycles. The number of Topliss-reactive ketones (excluding diaryl/α,β-unsaturated/α-hetero) is 1. The first-order chi connectivity index (χ1) is 36.4. The lowest BCUT2D eigenvalue weighted by Crippen LogP contribution is -2.64. The number of aliphatic hydroxyl groups excluding tert-OH is 14. The first kappa shape index (κ1) is 62.5. The molecule has 4 saturated heterocycles. The number of carbonyl (C=O) groups is 1. The quantitative estimate of drug-likeness (QED) is 0.0645. The van der Waals surface area contributed by atoms with Crippen molar-refractivity contribution < 1.29 is 119 Å². The van der Waals surface area contributed by atoms with Crippen molar-refractivity contribution in [1.82, 2.24) is 0 Å². The van der Waals surface area contributed by atoms with Gasteiger partial charge in [0, 0.05) is 17.3 Å². The van der Waals surface area contributed by atoms with Crippen molar-refractivity contribution in [3.05, 3.63) is 11.6 Å². The molecular formula is C54H90O24. The molecule has 7 fully saturated rings. The summed E-state index contributed by atoms with van der Waals surface area (Å²) in [5.74, 6) is 0.195. The Morgan fingerprint density at radius 1 is 0.603 bits per heavy atom. The number of fused-ring (bicyclic) bond motifs is 5. The van der Waals surface area contributed by atoms with Crippen LogP contribution < -0.4 is 0 Å². The Balaban J connectivity index is 0.910. The molecule has 0 unspecified atom stereocenters. The minimum atomic E-state index is -1.78. The van der Waals surface area contributed by atoms with Crippen LogP contribution in [0.25, 0.3) is 0 Å². The van der Waals surface area contributed by atoms with E-state index in [2.05, 4.69) is 33.8 Å². The van der Waals surface area contributed by atoms with Crippen LogP contribution in [0.1, 0.15) is 107 Å². The molecule has 4 aliphatic heterocycles. The number of ketones is 1. The highest BCUT2D eigenvalue weighted by molar-refractivity contribution is 5.88. The highest BCUT2D eigenvalue weighted by Gasteiger charge is 2.70. The van der Waals surface area contributed by atoms with Crippen LogP contribution in [-0.2, 0) is 42.7 Å². The molecule has 0 aromatic rings. The molecule has 15 N–H and O–H groups in total. The van der Waals surface area contributed by atoms with Crippen LogP contribution in [0.4, 0.5) is 0 Å². The van der Waals surface area contributed by atoms with Gasteiger partial charge in [0.05, 0.1) is 44.2 Å². The van der Waals surface area contributed by atoms with Gasteiger partial charge in [-0.1, -0.05) is 53.2 Å². The zero-order chi connectivity index (χ0) is 57.5. The van der Waals surface area contributed by atoms with Crippen LogP contribution in [0.3, 0.4) is 0 Å². The van der Waals surface area contributed by atoms with Gasteiger partial charge in [-0.2, -0.15) is 0 Å². The number of carbonyl (C=O) groups excluding carboxylic acids is 1. The third-order valence-electron chi connectivity index (χ3n) is 20.5. The maximum absolute atomic E-state index is 15.2. The second kappa shape index (κ2) is 23.5. The summed E-state index contributed by atoms with van der Waals surface area (Å²) >= 11 is 0. The number of rotatable bonds is 17. The number of hydrogen-bond donors (Lipinski definition) is 15. The fraction of sp³-hybridized carbons (Fsp3) is 0.944. The van der Waals surface area contributed by atoms with E-state index in [1.165, 1.54) is 0 Å². The van der Waals surface area contributed by atoms with Gasteiger partial charge >= 0.3 is 0 Å². The SMILES string of the molecule is C[C@H](CC[C@@H](O[C@@H]1O[C@H](CO[C@@H]2O[C@H](CO)[C@@H](O)[C@H](O)[C@H]2O)[C@@H](O)[C@H](O)[C@H]1O)C(C)(C)O)[C@H]1CC[C@@]2(C)[C@H]3CC=C4[C@@H](CC[C@H](O[C@@H]5O[C@H](CO[C@@H]6O[C@H](CO)[C@@H](O)[C@H](O)[C@H]6O)[C@@H](O)[C@H](O)[C@H]5O)C4(C)C)[C@]3(C)C(=O)C[C@]12C. The minimum absolute atomic E-state index is 0.00290. The normalized spacial score (nSPS) is 50.5. The second-order valence-corrected chi connectivity index (χ2v) is 25.7. The number of ether oxygens (including phenoxy) is 8. The van der Waals surface area contributed by atoms with Crippen LogP contribution in [0.5, 0.6) is 0 Å². The predicted molar refractivity (Wildman–Crippen MR) is 267 cm³/mol. The highest BCUT2D eigenvalue weighted by atomic mass is 16.7. The van der Waals surface area contributed by atoms with E-state index in [-0.39, 0.29) is 41.3 Å². The fourth-order valence-electron chi connectivity index (χ4n) is 15.3. The first-order valence-electron chi connectivity index (χ1n) is 27.9. The highest BCUT2D eigenvalue weighted by Crippen LogP contribution is 2.74. The first-order valence-corrected chi connectivity index (χ1v) is 27.9. The van der Waals surface area contributed by atoms with Crippen molar-refractivity contribution >= 4 is 5.78 Å². The Morgan fingerprint density at radius 3 is 1.56 bits per heavy atom. The van der Waals surface area contributed by atoms with Crippen LogP contribution in [0.15, 0.2) is 11.6 Å². The number of aliphatic hydroxyl groups is 15. The van der Waals surface area contributed by atoms with E-state index >= 15 is 4.79 Å². The smallest absolute Gasteiger partial charge is 0.187 e. The third-order valence-corrected chi connectivity index (χ3v) is 20.5. The average Bonchev–Trinajstić information content (AvgIpc) is 2.95. The standard InChI is InChI=1S/C54H90O24/c1-22(9-13-33(51(4,5)70)78-49-45(69)41(65)37(61)29(76-49)21-72-47-43(67)39(63)35(59)27(19-56)74-47)23-15-16-52(6)30-12-10-24-25(54(30,8)31(57)17-53(23,52)7)11-14-32(50(24,2)3)77-48-44(68)40(64)36(60)28(75-48)20-71-46-42(66)38(62)34(58)26(18-55)73-46/h10,22-23,25-30,32-49,55-56,58-70H,9,11-21H2,1-8H3/t22-,23-,25-,26-,27-,28-,29-,30-,32+,33-,34-,35-,36-,37-,38+,39+,40+,41+,42-,43-,44-,45-,46-,47-,48+,49+,52+,53-,54+/m1/s1. The molecule has 8 rings (SSSR count). The monoisotopic (exact) mass is 1120 g/mol. The van der Waals surface area contributed by atoms with Gasteiger partial charge in [0.2, 0.25) is 0 Å². The maximum atomic E-state index is 15.2. The Kier molecular flexibility index (Phi) is 18.8. The molecule has 0 radical (unpaired) electrons. The summed E-state index contributed by atoms with van der Waals surface area (Å²) in [7, 11) is 0. The lowest BCUT2D eigenvalue weighted by molar-refractivity contribution is -0.341. The van der Waals surface area contributed by atoms with E-state index < -0.39 is 183 Å². The third kappa shape index (κ3) is 11.0. The van der Waals surface area contributed by atoms with Gasteiger partial charge in [0.25, 0.3) is 0 Å². The summed E-state index contributed by atoms with van der Waals surface area (Å²) in [6.07, 6.45) is -26.3. The lowest BCUT2D eigenvalue weighted by atomic mass is 9.38. The molecule has 24 nitrogen and oxygen atoms in total. The largest absolute Gasteiger partial charge is 0.394 e. The maximum Gasteiger partial charge on any atom is 0.187 e. The summed E-state index contributed by atoms with van der Waals surface area (Å²) < 4.78 is 46.8. The molecule has 0 aromatic heterocycles. The van der Waals surface area contributed by atoms with Gasteiger partial charge in [-0.05, 0) is 93.3 Å². The second-order valence-electron chi connectivity index (χ2n) is 25.7. The van der Waals surface area contributed by atoms with Crippen molar-refractivity contribution in [2.75, 3.05) is 26.4 Å². The minimum Gasteiger partial charge on any atom is -0.394 e. The fourth-order valence-corrected chi connectivity index (χ4v) is 15.3. The van der Waals surface area contributed by atoms with Gasteiger partial charge < -0.3 is 114 Å². The van der Waals surface area contributed by atoms with Gasteiger partial charge in [-0.3, -0.25) is 4.79 Å². The van der Waals surface area contributed by atoms with Crippen molar-refractivity contribution in [3.63, 3.8) is 0 Å². The van der Waals surface area contributed by atoms with E-state index in [0.717, 1.165) is 18.4 Å². The van der Waals surface area contributed by atoms with Crippen molar-refractivity contribution in [3.8, 4) is 0 Å². The van der Waals surface area contributed by atoms with Gasteiger partial charge in [-0.25, -0.2) is 0 Å². The molecule has 0 amide bonds. The molecule has 24 heteroatoms. The summed E-state index contributed by atoms with van der Waals surface area (Å²) in [5.41, 5.74) is -2.49. The van der Waals surface area contributed by atoms with E-state index in [1.54, 1.807) is 13.8 Å². The van der Waals surface area contributed by atoms with Crippen molar-refractivity contribution in [2.45, 2.75) is 247 Å². The molecule has 0 spiro atoms. The Hall–Kier alpha value is -1.51. The Labute approximate surface area is 454 Å². The van der Waals surface area contributed by atoms with Crippen molar-refractivity contribution in [1.29, 1.82) is 0 Å². The van der Waals surface area contributed by atoms with Crippen LogP contribution in [0, 0.1) is 45.3 Å². The molecule has 4 heterocycles. The Morgan fingerprint density at radius 2 is 1.06 bits per heavy atom. The van der Waals surface area contributed by atoms with Crippen LogP contribution in [0.2, 0.25) is 0 Å². The average molecular weight is 1120 g/mol. The molecule has 0 aromatic carbocycles. The molecule has 0 bridgehead atoms. The number of allylic oxidation sites excluding steroid dienone is 1. The topological polar surface area (TPSA) is 394 Å². The Bertz CT molecular complexity index is 2070. The summed E-state index contributed by atoms with van der Waals surface area (Å²) in [4.78, 5) is 15.2. The summed E-state index contributed by atoms with van der Waals surface area (Å²) in [6.45, 7) is 13.6. The number of hydrogen-bond acceptors (Lipinski definition) is 24. The molecule has 29 atom stereocenters. The molecule has 78 heavy (non-hydrogen) atoms. The summed E-state index contributed by atoms with van der Waals surface area (Å²) in [5, 5.41) is 158. The molecular weight excluding hydrogens is 1030 g/mol. The molecule has 4 aliphatic carbocycles. The van der Waals surface area contributed by atoms with Gasteiger partial charge in [0.1, 0.15) is 103 Å². The molecule has 8 aliphatic rings. The van der Waals surface area contributed by atoms with E-state index in [0.29, 0.717) is 32.1 Å². The van der Waals surface area contributed by atoms with E-state index in [4.69, 9.17) is 37.9 Å². The molecule has 450 valence electrons. The van der Waals surface area contributed by atoms with Gasteiger partial charge in [0.15, 0.2) is 25.2 Å². The lowest BCUT2D eigenvalue weighted by Gasteiger charge is -2.65. The summed E-state index contributed by atoms with van der Waals surface area (Å²) in [6, 6.07) is 0. The van der Waals surface area contributed by atoms with Gasteiger partial charge in [-0.15, -0.1) is 0 Å². The zero-order valence-corrected chi connectivity index (χ0v) is 46.0. The van der Waals surface area contributed by atoms with Crippen LogP contribution in [-0.4, -0.2) is 249 Å². The zero-order valence-electron chi connectivity index (χ0n) is 46.0. The predicted octanol–water partition coefficient (Wildman–Crippen LogP) is -3.02. The van der Waals surface area contributed by atoms with E-state index in [9.17, 15) is 76.6 Å². The van der Waals surface area contributed by atoms with Crippen LogP contribution >= 0.6 is 0 Å². The van der Waals surface area contributed by atoms with Crippen molar-refractivity contribution in [2.24, 2.45) is 45.3 Å². The van der Waals surface area contributed by atoms with E-state index in [1.807, 2.05) is 13.8 Å².